The predicted octanol–water partition coefficient (Wildman–Crippen LogP) is 4.60. The van der Waals surface area contributed by atoms with Crippen LogP contribution in [0.2, 0.25) is 5.02 Å². The largest absolute Gasteiger partial charge is 0.369 e. The van der Waals surface area contributed by atoms with Gasteiger partial charge >= 0.3 is 0 Å². The van der Waals surface area contributed by atoms with E-state index in [4.69, 9.17) is 16.7 Å². The van der Waals surface area contributed by atoms with Crippen molar-refractivity contribution >= 4 is 17.3 Å². The summed E-state index contributed by atoms with van der Waals surface area (Å²) in [6, 6.07) is 20.4. The van der Waals surface area contributed by atoms with E-state index in [1.165, 1.54) is 5.69 Å². The fourth-order valence-electron chi connectivity index (χ4n) is 4.04. The van der Waals surface area contributed by atoms with Crippen LogP contribution in [0.4, 0.5) is 5.69 Å². The Morgan fingerprint density at radius 3 is 2.47 bits per heavy atom. The maximum atomic E-state index is 9.61. The van der Waals surface area contributed by atoms with E-state index in [-0.39, 0.29) is 0 Å². The normalized spacial score (nSPS) is 14.6. The van der Waals surface area contributed by atoms with E-state index < -0.39 is 0 Å². The van der Waals surface area contributed by atoms with E-state index in [1.807, 2.05) is 60.1 Å². The summed E-state index contributed by atoms with van der Waals surface area (Å²) in [5.74, 6) is 0. The number of anilines is 1. The highest BCUT2D eigenvalue weighted by atomic mass is 35.5. The lowest BCUT2D eigenvalue weighted by Gasteiger charge is -2.36. The molecule has 0 atom stereocenters. The van der Waals surface area contributed by atoms with Crippen LogP contribution in [-0.4, -0.2) is 47.4 Å². The second-order valence-electron chi connectivity index (χ2n) is 7.67. The zero-order valence-electron chi connectivity index (χ0n) is 17.3. The first-order valence-corrected chi connectivity index (χ1v) is 10.8. The molecule has 4 rings (SSSR count). The van der Waals surface area contributed by atoms with Crippen LogP contribution >= 0.6 is 11.6 Å². The van der Waals surface area contributed by atoms with Crippen LogP contribution in [0.25, 0.3) is 11.3 Å². The maximum absolute atomic E-state index is 9.61. The Kier molecular flexibility index (Phi) is 6.37. The smallest absolute Gasteiger partial charge is 0.110 e. The fourth-order valence-corrected chi connectivity index (χ4v) is 4.23. The van der Waals surface area contributed by atoms with Gasteiger partial charge < -0.3 is 4.90 Å². The van der Waals surface area contributed by atoms with E-state index in [2.05, 4.69) is 21.9 Å². The minimum atomic E-state index is 0.677. The number of nitrogens with zero attached hydrogens (tertiary/aromatic N) is 5. The summed E-state index contributed by atoms with van der Waals surface area (Å²) < 4.78 is 1.99. The molecular formula is C24H26ClN5. The Morgan fingerprint density at radius 1 is 1.00 bits per heavy atom. The Bertz CT molecular complexity index is 1030. The Balaban J connectivity index is 1.32. The summed E-state index contributed by atoms with van der Waals surface area (Å²) in [5.41, 5.74) is 4.60. The molecule has 2 aromatic carbocycles. The fraction of sp³-hybridized carbons (Fsp3) is 0.333. The summed E-state index contributed by atoms with van der Waals surface area (Å²) in [6.45, 7) is 7.96. The van der Waals surface area contributed by atoms with Crippen LogP contribution in [0.5, 0.6) is 0 Å². The molecule has 1 fully saturated rings. The van der Waals surface area contributed by atoms with Crippen molar-refractivity contribution in [2.45, 2.75) is 19.9 Å². The molecule has 30 heavy (non-hydrogen) atoms. The van der Waals surface area contributed by atoms with E-state index in [0.29, 0.717) is 5.56 Å². The molecular weight excluding hydrogens is 394 g/mol. The van der Waals surface area contributed by atoms with E-state index in [1.54, 1.807) is 0 Å². The number of piperazine rings is 1. The molecule has 3 aromatic rings. The molecule has 0 aliphatic carbocycles. The summed E-state index contributed by atoms with van der Waals surface area (Å²) in [6.07, 6.45) is 1.01. The van der Waals surface area contributed by atoms with E-state index in [0.717, 1.165) is 67.7 Å². The molecule has 1 saturated heterocycles. The molecule has 6 heteroatoms. The van der Waals surface area contributed by atoms with Crippen molar-refractivity contribution in [1.82, 2.24) is 14.7 Å². The first-order valence-electron chi connectivity index (χ1n) is 10.4. The van der Waals surface area contributed by atoms with Gasteiger partial charge in [0.2, 0.25) is 0 Å². The number of rotatable bonds is 6. The molecule has 1 aliphatic rings. The van der Waals surface area contributed by atoms with Crippen LogP contribution < -0.4 is 4.90 Å². The molecule has 2 heterocycles. The average Bonchev–Trinajstić information content (AvgIpc) is 3.10. The molecule has 0 spiro atoms. The molecule has 0 N–H and O–H groups in total. The number of nitriles is 1. The van der Waals surface area contributed by atoms with Crippen LogP contribution in [0.3, 0.4) is 0 Å². The molecule has 5 nitrogen and oxygen atoms in total. The highest BCUT2D eigenvalue weighted by Crippen LogP contribution is 2.25. The van der Waals surface area contributed by atoms with Crippen LogP contribution in [0.1, 0.15) is 17.7 Å². The first-order chi connectivity index (χ1) is 14.7. The molecule has 1 aromatic heterocycles. The third-order valence-electron chi connectivity index (χ3n) is 5.76. The van der Waals surface area contributed by atoms with Crippen molar-refractivity contribution in [3.05, 3.63) is 70.9 Å². The van der Waals surface area contributed by atoms with Crippen molar-refractivity contribution in [1.29, 1.82) is 5.26 Å². The second-order valence-corrected chi connectivity index (χ2v) is 8.11. The highest BCUT2D eigenvalue weighted by Gasteiger charge is 2.18. The zero-order chi connectivity index (χ0) is 20.9. The number of aryl methyl sites for hydroxylation is 1. The van der Waals surface area contributed by atoms with Gasteiger partial charge in [0.25, 0.3) is 0 Å². The summed E-state index contributed by atoms with van der Waals surface area (Å²) in [5, 5.41) is 15.2. The Morgan fingerprint density at radius 2 is 1.77 bits per heavy atom. The summed E-state index contributed by atoms with van der Waals surface area (Å²) >= 11 is 6.13. The van der Waals surface area contributed by atoms with Crippen LogP contribution in [0.15, 0.2) is 54.6 Å². The first kappa shape index (κ1) is 20.5. The number of halogens is 1. The van der Waals surface area contributed by atoms with Gasteiger partial charge in [-0.15, -0.1) is 0 Å². The quantitative estimate of drug-likeness (QED) is 0.586. The standard InChI is InChI=1S/C24H26ClN5/c1-19-23(18-26)24(20-7-3-2-4-8-20)27-30(19)12-6-11-28-13-15-29(16-14-28)22-10-5-9-21(25)17-22/h2-5,7-10,17H,6,11-16H2,1H3. The van der Waals surface area contributed by atoms with Gasteiger partial charge in [-0.1, -0.05) is 48.0 Å². The average molecular weight is 420 g/mol. The number of aromatic nitrogens is 2. The molecule has 0 saturated carbocycles. The SMILES string of the molecule is Cc1c(C#N)c(-c2ccccc2)nn1CCCN1CCN(c2cccc(Cl)c2)CC1. The Labute approximate surface area is 183 Å². The molecule has 0 unspecified atom stereocenters. The monoisotopic (exact) mass is 419 g/mol. The van der Waals surface area contributed by atoms with Gasteiger partial charge in [-0.05, 0) is 31.5 Å². The topological polar surface area (TPSA) is 48.1 Å². The highest BCUT2D eigenvalue weighted by molar-refractivity contribution is 6.30. The van der Waals surface area contributed by atoms with Crippen molar-refractivity contribution < 1.29 is 0 Å². The van der Waals surface area contributed by atoms with E-state index >= 15 is 0 Å². The van der Waals surface area contributed by atoms with Gasteiger partial charge in [-0.3, -0.25) is 9.58 Å². The number of hydrogen-bond donors (Lipinski definition) is 0. The maximum Gasteiger partial charge on any atom is 0.110 e. The molecule has 1 aliphatic heterocycles. The van der Waals surface area contributed by atoms with Crippen molar-refractivity contribution in [3.63, 3.8) is 0 Å². The predicted molar refractivity (Wildman–Crippen MR) is 122 cm³/mol. The molecule has 0 amide bonds. The number of hydrogen-bond acceptors (Lipinski definition) is 4. The van der Waals surface area contributed by atoms with Gasteiger partial charge in [0, 0.05) is 55.5 Å². The molecule has 0 radical (unpaired) electrons. The lowest BCUT2D eigenvalue weighted by Crippen LogP contribution is -2.46. The third-order valence-corrected chi connectivity index (χ3v) is 5.99. The van der Waals surface area contributed by atoms with Crippen molar-refractivity contribution in [2.24, 2.45) is 0 Å². The van der Waals surface area contributed by atoms with E-state index in [9.17, 15) is 5.26 Å². The van der Waals surface area contributed by atoms with Crippen molar-refractivity contribution in [3.8, 4) is 17.3 Å². The zero-order valence-corrected chi connectivity index (χ0v) is 18.0. The van der Waals surface area contributed by atoms with Gasteiger partial charge in [-0.2, -0.15) is 10.4 Å². The minimum Gasteiger partial charge on any atom is -0.369 e. The lowest BCUT2D eigenvalue weighted by molar-refractivity contribution is 0.249. The number of benzene rings is 2. The summed E-state index contributed by atoms with van der Waals surface area (Å²) in [4.78, 5) is 4.90. The molecule has 154 valence electrons. The Hall–Kier alpha value is -2.81. The summed E-state index contributed by atoms with van der Waals surface area (Å²) in [7, 11) is 0. The van der Waals surface area contributed by atoms with Gasteiger partial charge in [0.05, 0.1) is 5.69 Å². The lowest BCUT2D eigenvalue weighted by atomic mass is 10.1. The van der Waals surface area contributed by atoms with Crippen LogP contribution in [0, 0.1) is 18.3 Å². The van der Waals surface area contributed by atoms with Crippen molar-refractivity contribution in [2.75, 3.05) is 37.6 Å². The second kappa shape index (κ2) is 9.34. The van der Waals surface area contributed by atoms with Gasteiger partial charge in [0.1, 0.15) is 17.3 Å². The van der Waals surface area contributed by atoms with Gasteiger partial charge in [0.15, 0.2) is 0 Å². The minimum absolute atomic E-state index is 0.677. The van der Waals surface area contributed by atoms with Crippen LogP contribution in [-0.2, 0) is 6.54 Å². The molecule has 0 bridgehead atoms. The van der Waals surface area contributed by atoms with Gasteiger partial charge in [-0.25, -0.2) is 0 Å². The third kappa shape index (κ3) is 4.51.